The lowest BCUT2D eigenvalue weighted by atomic mass is 10.3. The summed E-state index contributed by atoms with van der Waals surface area (Å²) >= 11 is 1.84. The second-order valence-electron chi connectivity index (χ2n) is 5.48. The van der Waals surface area contributed by atoms with Gasteiger partial charge in [-0.05, 0) is 13.5 Å². The first-order chi connectivity index (χ1) is 9.86. The van der Waals surface area contributed by atoms with Gasteiger partial charge in [0.2, 0.25) is 10.0 Å². The van der Waals surface area contributed by atoms with Gasteiger partial charge in [-0.25, -0.2) is 8.42 Å². The van der Waals surface area contributed by atoms with Crippen LogP contribution in [-0.4, -0.2) is 53.1 Å². The summed E-state index contributed by atoms with van der Waals surface area (Å²) in [5.41, 5.74) is 1.19. The van der Waals surface area contributed by atoms with E-state index in [0.717, 1.165) is 6.54 Å². The van der Waals surface area contributed by atoms with Gasteiger partial charge in [-0.15, -0.1) is 0 Å². The van der Waals surface area contributed by atoms with Crippen molar-refractivity contribution in [2.75, 3.05) is 19.6 Å². The SMILES string of the molecule is CCNCc1n[nH]c(C)c1S(=O)(=O)N1CC(C)SC(C)C1. The summed E-state index contributed by atoms with van der Waals surface area (Å²) in [5.74, 6) is 0. The molecule has 0 spiro atoms. The van der Waals surface area contributed by atoms with Gasteiger partial charge in [-0.3, -0.25) is 5.10 Å². The van der Waals surface area contributed by atoms with Crippen LogP contribution >= 0.6 is 11.8 Å². The summed E-state index contributed by atoms with van der Waals surface area (Å²) < 4.78 is 27.5. The fourth-order valence-corrected chi connectivity index (χ4v) is 6.09. The highest BCUT2D eigenvalue weighted by molar-refractivity contribution is 8.00. The molecule has 21 heavy (non-hydrogen) atoms. The molecule has 0 aliphatic carbocycles. The van der Waals surface area contributed by atoms with E-state index in [1.54, 1.807) is 11.2 Å². The number of H-pyrrole nitrogens is 1. The molecule has 1 aromatic rings. The molecule has 1 aromatic heterocycles. The molecular weight excluding hydrogens is 308 g/mol. The third-order valence-electron chi connectivity index (χ3n) is 3.49. The van der Waals surface area contributed by atoms with Gasteiger partial charge in [-0.1, -0.05) is 20.8 Å². The van der Waals surface area contributed by atoms with Gasteiger partial charge in [0, 0.05) is 30.1 Å². The minimum atomic E-state index is -3.49. The third-order valence-corrected chi connectivity index (χ3v) is 6.75. The van der Waals surface area contributed by atoms with Crippen LogP contribution in [-0.2, 0) is 16.6 Å². The molecule has 2 heterocycles. The van der Waals surface area contributed by atoms with Crippen LogP contribution < -0.4 is 5.32 Å². The van der Waals surface area contributed by atoms with Crippen LogP contribution in [0.1, 0.15) is 32.2 Å². The molecule has 0 aromatic carbocycles. The summed E-state index contributed by atoms with van der Waals surface area (Å²) in [5, 5.41) is 10.7. The summed E-state index contributed by atoms with van der Waals surface area (Å²) in [6.45, 7) is 10.3. The highest BCUT2D eigenvalue weighted by Gasteiger charge is 2.35. The number of thioether (sulfide) groups is 1. The number of rotatable bonds is 5. The van der Waals surface area contributed by atoms with Crippen LogP contribution in [0.15, 0.2) is 4.90 Å². The van der Waals surface area contributed by atoms with Crippen molar-refractivity contribution < 1.29 is 8.42 Å². The standard InChI is InChI=1S/C13H24N4O2S2/c1-5-14-6-12-13(11(4)15-16-12)21(18,19)17-7-9(2)20-10(3)8-17/h9-10,14H,5-8H2,1-4H3,(H,15,16). The first kappa shape index (κ1) is 16.8. The maximum absolute atomic E-state index is 13.0. The average molecular weight is 332 g/mol. The molecule has 2 N–H and O–H groups in total. The molecule has 2 atom stereocenters. The lowest BCUT2D eigenvalue weighted by molar-refractivity contribution is 0.404. The number of hydrogen-bond acceptors (Lipinski definition) is 5. The van der Waals surface area contributed by atoms with E-state index in [2.05, 4.69) is 29.4 Å². The summed E-state index contributed by atoms with van der Waals surface area (Å²) in [7, 11) is -3.49. The Morgan fingerprint density at radius 1 is 1.38 bits per heavy atom. The number of aromatic nitrogens is 2. The zero-order valence-electron chi connectivity index (χ0n) is 13.0. The molecule has 1 aliphatic heterocycles. The highest BCUT2D eigenvalue weighted by atomic mass is 32.2. The predicted octanol–water partition coefficient (Wildman–Crippen LogP) is 1.34. The normalized spacial score (nSPS) is 24.4. The fourth-order valence-electron chi connectivity index (χ4n) is 2.63. The van der Waals surface area contributed by atoms with Crippen molar-refractivity contribution in [1.29, 1.82) is 0 Å². The Kier molecular flexibility index (Phi) is 5.34. The molecule has 8 heteroatoms. The maximum Gasteiger partial charge on any atom is 0.246 e. The van der Waals surface area contributed by atoms with Gasteiger partial charge in [0.05, 0.1) is 11.4 Å². The molecule has 0 bridgehead atoms. The van der Waals surface area contributed by atoms with E-state index in [0.29, 0.717) is 46.4 Å². The average Bonchev–Trinajstić information content (AvgIpc) is 2.77. The molecular formula is C13H24N4O2S2. The van der Waals surface area contributed by atoms with Gasteiger partial charge < -0.3 is 5.32 Å². The molecule has 1 fully saturated rings. The van der Waals surface area contributed by atoms with Crippen molar-refractivity contribution >= 4 is 21.8 Å². The topological polar surface area (TPSA) is 78.1 Å². The molecule has 1 saturated heterocycles. The smallest absolute Gasteiger partial charge is 0.246 e. The monoisotopic (exact) mass is 332 g/mol. The first-order valence-electron chi connectivity index (χ1n) is 7.26. The minimum Gasteiger partial charge on any atom is -0.311 e. The van der Waals surface area contributed by atoms with E-state index >= 15 is 0 Å². The van der Waals surface area contributed by atoms with Crippen LogP contribution in [0.3, 0.4) is 0 Å². The summed E-state index contributed by atoms with van der Waals surface area (Å²) in [6, 6.07) is 0. The summed E-state index contributed by atoms with van der Waals surface area (Å²) in [6.07, 6.45) is 0. The molecule has 2 rings (SSSR count). The van der Waals surface area contributed by atoms with Crippen molar-refractivity contribution in [2.45, 2.75) is 49.6 Å². The van der Waals surface area contributed by atoms with Crippen LogP contribution in [0, 0.1) is 6.92 Å². The second-order valence-corrected chi connectivity index (χ2v) is 9.24. The van der Waals surface area contributed by atoms with Crippen molar-refractivity contribution in [3.63, 3.8) is 0 Å². The van der Waals surface area contributed by atoms with Crippen molar-refractivity contribution in [1.82, 2.24) is 19.8 Å². The third kappa shape index (κ3) is 3.61. The largest absolute Gasteiger partial charge is 0.311 e. The summed E-state index contributed by atoms with van der Waals surface area (Å²) in [4.78, 5) is 0.342. The molecule has 6 nitrogen and oxygen atoms in total. The fraction of sp³-hybridized carbons (Fsp3) is 0.769. The molecule has 0 saturated carbocycles. The molecule has 120 valence electrons. The van der Waals surface area contributed by atoms with E-state index in [1.807, 2.05) is 18.7 Å². The predicted molar refractivity (Wildman–Crippen MR) is 86.0 cm³/mol. The van der Waals surface area contributed by atoms with Crippen LogP contribution in [0.5, 0.6) is 0 Å². The minimum absolute atomic E-state index is 0.313. The zero-order chi connectivity index (χ0) is 15.6. The Hall–Kier alpha value is -0.570. The Bertz CT molecular complexity index is 575. The number of nitrogens with one attached hydrogen (secondary N) is 2. The quantitative estimate of drug-likeness (QED) is 0.851. The van der Waals surface area contributed by atoms with Gasteiger partial charge in [0.25, 0.3) is 0 Å². The number of nitrogens with zero attached hydrogens (tertiary/aromatic N) is 2. The highest BCUT2D eigenvalue weighted by Crippen LogP contribution is 2.30. The number of sulfonamides is 1. The van der Waals surface area contributed by atoms with E-state index < -0.39 is 10.0 Å². The van der Waals surface area contributed by atoms with Crippen molar-refractivity contribution in [3.8, 4) is 0 Å². The molecule has 0 radical (unpaired) electrons. The van der Waals surface area contributed by atoms with Gasteiger partial charge in [0.15, 0.2) is 0 Å². The lowest BCUT2D eigenvalue weighted by Crippen LogP contribution is -2.44. The van der Waals surface area contributed by atoms with E-state index in [1.165, 1.54) is 0 Å². The maximum atomic E-state index is 13.0. The number of hydrogen-bond donors (Lipinski definition) is 2. The van der Waals surface area contributed by atoms with Crippen molar-refractivity contribution in [3.05, 3.63) is 11.4 Å². The Labute approximate surface area is 131 Å². The van der Waals surface area contributed by atoms with E-state index in [-0.39, 0.29) is 0 Å². The van der Waals surface area contributed by atoms with Crippen LogP contribution in [0.2, 0.25) is 0 Å². The van der Waals surface area contributed by atoms with Crippen LogP contribution in [0.4, 0.5) is 0 Å². The van der Waals surface area contributed by atoms with Gasteiger partial charge in [-0.2, -0.15) is 21.2 Å². The molecule has 0 amide bonds. The Morgan fingerprint density at radius 3 is 2.57 bits per heavy atom. The van der Waals surface area contributed by atoms with E-state index in [4.69, 9.17) is 0 Å². The van der Waals surface area contributed by atoms with E-state index in [9.17, 15) is 8.42 Å². The van der Waals surface area contributed by atoms with Crippen LogP contribution in [0.25, 0.3) is 0 Å². The molecule has 1 aliphatic rings. The first-order valence-corrected chi connectivity index (χ1v) is 9.64. The number of aryl methyl sites for hydroxylation is 1. The second kappa shape index (κ2) is 6.68. The van der Waals surface area contributed by atoms with Gasteiger partial charge in [0.1, 0.15) is 4.90 Å². The Morgan fingerprint density at radius 2 is 2.00 bits per heavy atom. The molecule has 2 unspecified atom stereocenters. The lowest BCUT2D eigenvalue weighted by Gasteiger charge is -2.33. The van der Waals surface area contributed by atoms with Crippen molar-refractivity contribution in [2.24, 2.45) is 0 Å². The number of aromatic amines is 1. The zero-order valence-corrected chi connectivity index (χ0v) is 14.6. The van der Waals surface area contributed by atoms with Gasteiger partial charge >= 0.3 is 0 Å². The Balaban J connectivity index is 2.33.